The first-order chi connectivity index (χ1) is 9.81. The number of carbonyl (C=O) groups is 3. The van der Waals surface area contributed by atoms with Gasteiger partial charge >= 0.3 is 18.0 Å². The van der Waals surface area contributed by atoms with E-state index in [0.29, 0.717) is 18.6 Å². The highest BCUT2D eigenvalue weighted by atomic mass is 32.2. The Morgan fingerprint density at radius 1 is 1.19 bits per heavy atom. The van der Waals surface area contributed by atoms with Gasteiger partial charge in [0.2, 0.25) is 0 Å². The van der Waals surface area contributed by atoms with Gasteiger partial charge in [0.15, 0.2) is 0 Å². The van der Waals surface area contributed by atoms with E-state index in [0.717, 1.165) is 0 Å². The third kappa shape index (κ3) is 8.44. The summed E-state index contributed by atoms with van der Waals surface area (Å²) in [6, 6.07) is -2.45. The van der Waals surface area contributed by atoms with Crippen LogP contribution in [0.5, 0.6) is 0 Å². The number of carboxylic acid groups (broad SMARTS) is 1. The van der Waals surface area contributed by atoms with E-state index in [9.17, 15) is 14.4 Å². The fraction of sp³-hybridized carbons (Fsp3) is 0.769. The average molecular weight is 320 g/mol. The second kappa shape index (κ2) is 10.3. The number of hydrogen-bond donors (Lipinski definition) is 3. The Hall–Kier alpha value is -1.44. The van der Waals surface area contributed by atoms with Crippen molar-refractivity contribution in [3.63, 3.8) is 0 Å². The zero-order valence-corrected chi connectivity index (χ0v) is 13.7. The van der Waals surface area contributed by atoms with Crippen molar-refractivity contribution in [3.8, 4) is 0 Å². The fourth-order valence-corrected chi connectivity index (χ4v) is 2.15. The number of thioether (sulfide) groups is 1. The number of hydrogen-bond acceptors (Lipinski definition) is 5. The molecule has 0 bridgehead atoms. The Morgan fingerprint density at radius 2 is 1.76 bits per heavy atom. The molecule has 2 atom stereocenters. The predicted octanol–water partition coefficient (Wildman–Crippen LogP) is 1.08. The van der Waals surface area contributed by atoms with Gasteiger partial charge in [-0.05, 0) is 30.8 Å². The molecule has 21 heavy (non-hydrogen) atoms. The predicted molar refractivity (Wildman–Crippen MR) is 81.3 cm³/mol. The van der Waals surface area contributed by atoms with Gasteiger partial charge in [-0.25, -0.2) is 14.4 Å². The monoisotopic (exact) mass is 320 g/mol. The minimum absolute atomic E-state index is 0.182. The molecule has 8 heteroatoms. The second-order valence-electron chi connectivity index (χ2n) is 5.00. The first kappa shape index (κ1) is 19.6. The lowest BCUT2D eigenvalue weighted by Gasteiger charge is -2.20. The molecule has 0 saturated carbocycles. The summed E-state index contributed by atoms with van der Waals surface area (Å²) in [7, 11) is 1.24. The Morgan fingerprint density at radius 3 is 2.19 bits per heavy atom. The van der Waals surface area contributed by atoms with Crippen LogP contribution in [0.1, 0.15) is 26.7 Å². The van der Waals surface area contributed by atoms with Crippen LogP contribution in [0.2, 0.25) is 0 Å². The van der Waals surface area contributed by atoms with Gasteiger partial charge in [0.05, 0.1) is 7.11 Å². The largest absolute Gasteiger partial charge is 0.480 e. The molecule has 2 amide bonds. The van der Waals surface area contributed by atoms with Crippen LogP contribution >= 0.6 is 11.8 Å². The summed E-state index contributed by atoms with van der Waals surface area (Å²) in [6.45, 7) is 3.82. The van der Waals surface area contributed by atoms with Crippen LogP contribution in [0.15, 0.2) is 0 Å². The summed E-state index contributed by atoms with van der Waals surface area (Å²) < 4.78 is 4.63. The minimum Gasteiger partial charge on any atom is -0.480 e. The second-order valence-corrected chi connectivity index (χ2v) is 5.98. The molecule has 0 aromatic heterocycles. The normalized spacial score (nSPS) is 13.4. The smallest absolute Gasteiger partial charge is 0.328 e. The average Bonchev–Trinajstić information content (AvgIpc) is 2.40. The Labute approximate surface area is 129 Å². The lowest BCUT2D eigenvalue weighted by atomic mass is 10.0. The molecule has 0 aliphatic carbocycles. The van der Waals surface area contributed by atoms with Crippen LogP contribution < -0.4 is 10.6 Å². The van der Waals surface area contributed by atoms with Crippen LogP contribution in [-0.4, -0.2) is 54.3 Å². The number of aliphatic carboxylic acids is 1. The van der Waals surface area contributed by atoms with Crippen molar-refractivity contribution in [3.05, 3.63) is 0 Å². The summed E-state index contributed by atoms with van der Waals surface area (Å²) in [5, 5.41) is 13.9. The van der Waals surface area contributed by atoms with E-state index < -0.39 is 30.1 Å². The molecule has 2 unspecified atom stereocenters. The van der Waals surface area contributed by atoms with E-state index in [1.807, 2.05) is 20.1 Å². The number of rotatable bonds is 9. The van der Waals surface area contributed by atoms with Crippen LogP contribution in [0.25, 0.3) is 0 Å². The van der Waals surface area contributed by atoms with Gasteiger partial charge in [0.25, 0.3) is 0 Å². The molecule has 0 radical (unpaired) electrons. The molecule has 0 aliphatic rings. The summed E-state index contributed by atoms with van der Waals surface area (Å²) in [4.78, 5) is 34.5. The van der Waals surface area contributed by atoms with Gasteiger partial charge < -0.3 is 20.5 Å². The van der Waals surface area contributed by atoms with Gasteiger partial charge in [-0.3, -0.25) is 0 Å². The number of nitrogens with one attached hydrogen (secondary N) is 2. The number of methoxy groups -OCH3 is 1. The molecule has 0 aromatic rings. The van der Waals surface area contributed by atoms with E-state index in [-0.39, 0.29) is 5.92 Å². The van der Waals surface area contributed by atoms with E-state index in [1.54, 1.807) is 0 Å². The third-order valence-corrected chi connectivity index (χ3v) is 3.36. The van der Waals surface area contributed by atoms with Gasteiger partial charge in [0.1, 0.15) is 12.1 Å². The molecular weight excluding hydrogens is 296 g/mol. The lowest BCUT2D eigenvalue weighted by molar-refractivity contribution is -0.143. The van der Waals surface area contributed by atoms with Crippen molar-refractivity contribution in [1.29, 1.82) is 0 Å². The molecule has 0 aromatic carbocycles. The number of ether oxygens (including phenoxy) is 1. The van der Waals surface area contributed by atoms with Crippen molar-refractivity contribution in [1.82, 2.24) is 10.6 Å². The number of carbonyl (C=O) groups excluding carboxylic acids is 2. The van der Waals surface area contributed by atoms with Crippen LogP contribution in [0.4, 0.5) is 4.79 Å². The molecule has 122 valence electrons. The molecule has 0 heterocycles. The van der Waals surface area contributed by atoms with Crippen molar-refractivity contribution >= 4 is 29.7 Å². The molecule has 0 aliphatic heterocycles. The van der Waals surface area contributed by atoms with Crippen molar-refractivity contribution in [2.45, 2.75) is 38.8 Å². The van der Waals surface area contributed by atoms with Gasteiger partial charge in [-0.15, -0.1) is 0 Å². The first-order valence-electron chi connectivity index (χ1n) is 6.68. The van der Waals surface area contributed by atoms with Crippen LogP contribution in [-0.2, 0) is 14.3 Å². The zero-order valence-electron chi connectivity index (χ0n) is 12.8. The SMILES string of the molecule is COC(=O)C(CC(C)C)NC(=O)NC(CCSC)C(=O)O. The van der Waals surface area contributed by atoms with Crippen LogP contribution in [0, 0.1) is 5.92 Å². The fourth-order valence-electron chi connectivity index (χ4n) is 1.68. The lowest BCUT2D eigenvalue weighted by Crippen LogP contribution is -2.51. The number of carboxylic acids is 1. The van der Waals surface area contributed by atoms with Crippen molar-refractivity contribution < 1.29 is 24.2 Å². The maximum Gasteiger partial charge on any atom is 0.328 e. The van der Waals surface area contributed by atoms with E-state index in [1.165, 1.54) is 18.9 Å². The quantitative estimate of drug-likeness (QED) is 0.549. The maximum atomic E-state index is 11.8. The third-order valence-electron chi connectivity index (χ3n) is 2.71. The number of esters is 1. The summed E-state index contributed by atoms with van der Waals surface area (Å²) in [5.41, 5.74) is 0. The zero-order chi connectivity index (χ0) is 16.4. The summed E-state index contributed by atoms with van der Waals surface area (Å²) >= 11 is 1.50. The van der Waals surface area contributed by atoms with Crippen molar-refractivity contribution in [2.75, 3.05) is 19.1 Å². The van der Waals surface area contributed by atoms with E-state index in [2.05, 4.69) is 15.4 Å². The Kier molecular flexibility index (Phi) is 9.60. The highest BCUT2D eigenvalue weighted by molar-refractivity contribution is 7.98. The summed E-state index contributed by atoms with van der Waals surface area (Å²) in [5.74, 6) is -0.849. The molecular formula is C13H24N2O5S. The minimum atomic E-state index is -1.10. The number of amides is 2. The highest BCUT2D eigenvalue weighted by Gasteiger charge is 2.25. The molecule has 0 saturated heterocycles. The van der Waals surface area contributed by atoms with Crippen molar-refractivity contribution in [2.24, 2.45) is 5.92 Å². The van der Waals surface area contributed by atoms with Crippen LogP contribution in [0.3, 0.4) is 0 Å². The molecule has 7 nitrogen and oxygen atoms in total. The maximum absolute atomic E-state index is 11.8. The Balaban J connectivity index is 4.58. The first-order valence-corrected chi connectivity index (χ1v) is 8.07. The highest BCUT2D eigenvalue weighted by Crippen LogP contribution is 2.06. The molecule has 3 N–H and O–H groups in total. The molecule has 0 fully saturated rings. The van der Waals surface area contributed by atoms with Gasteiger partial charge in [0, 0.05) is 0 Å². The van der Waals surface area contributed by atoms with Gasteiger partial charge in [-0.2, -0.15) is 11.8 Å². The topological polar surface area (TPSA) is 105 Å². The molecule has 0 spiro atoms. The Bertz CT molecular complexity index is 362. The van der Waals surface area contributed by atoms with E-state index in [4.69, 9.17) is 5.11 Å². The summed E-state index contributed by atoms with van der Waals surface area (Å²) in [6.07, 6.45) is 2.59. The number of urea groups is 1. The van der Waals surface area contributed by atoms with Gasteiger partial charge in [-0.1, -0.05) is 13.8 Å². The molecule has 0 rings (SSSR count). The standard InChI is InChI=1S/C13H24N2O5S/c1-8(2)7-10(12(18)20-3)15-13(19)14-9(11(16)17)5-6-21-4/h8-10H,5-7H2,1-4H3,(H,16,17)(H2,14,15,19). The van der Waals surface area contributed by atoms with E-state index >= 15 is 0 Å².